The van der Waals surface area contributed by atoms with E-state index in [9.17, 15) is 21.6 Å². The van der Waals surface area contributed by atoms with Gasteiger partial charge in [0, 0.05) is 44.0 Å². The summed E-state index contributed by atoms with van der Waals surface area (Å²) in [5.41, 5.74) is 1.18. The first-order valence-corrected chi connectivity index (χ1v) is 10.4. The molecule has 0 saturated carbocycles. The second-order valence-electron chi connectivity index (χ2n) is 6.91. The summed E-state index contributed by atoms with van der Waals surface area (Å²) in [5.74, 6) is -2.54. The number of piperazine rings is 1. The van der Waals surface area contributed by atoms with E-state index in [0.29, 0.717) is 11.6 Å². The zero-order valence-electron chi connectivity index (χ0n) is 15.6. The van der Waals surface area contributed by atoms with Crippen LogP contribution < -0.4 is 9.62 Å². The molecule has 0 bridgehead atoms. The number of anilines is 1. The van der Waals surface area contributed by atoms with Gasteiger partial charge in [-0.3, -0.25) is 0 Å². The fraction of sp³-hybridized carbons (Fsp3) is 0.368. The van der Waals surface area contributed by atoms with Gasteiger partial charge in [-0.2, -0.15) is 0 Å². The molecule has 0 aliphatic carbocycles. The van der Waals surface area contributed by atoms with E-state index in [1.165, 1.54) is 12.1 Å². The van der Waals surface area contributed by atoms with Gasteiger partial charge >= 0.3 is 0 Å². The molecule has 1 N–H and O–H groups in total. The van der Waals surface area contributed by atoms with E-state index in [4.69, 9.17) is 0 Å². The summed E-state index contributed by atoms with van der Waals surface area (Å²) in [4.78, 5) is 3.58. The fourth-order valence-corrected chi connectivity index (χ4v) is 4.54. The number of nitrogens with one attached hydrogen (secondary N) is 1. The average molecular weight is 413 g/mol. The Morgan fingerprint density at radius 2 is 1.57 bits per heavy atom. The van der Waals surface area contributed by atoms with Crippen LogP contribution in [0.1, 0.15) is 18.5 Å². The van der Waals surface area contributed by atoms with Gasteiger partial charge in [0.2, 0.25) is 10.0 Å². The van der Waals surface area contributed by atoms with Crippen molar-refractivity contribution in [2.45, 2.75) is 17.9 Å². The summed E-state index contributed by atoms with van der Waals surface area (Å²) >= 11 is 0. The number of rotatable bonds is 5. The Morgan fingerprint density at radius 1 is 0.964 bits per heavy atom. The topological polar surface area (TPSA) is 52.7 Å². The lowest BCUT2D eigenvalue weighted by molar-refractivity contribution is 0.312. The minimum absolute atomic E-state index is 0.454. The van der Waals surface area contributed by atoms with Crippen molar-refractivity contribution in [3.63, 3.8) is 0 Å². The van der Waals surface area contributed by atoms with Crippen LogP contribution in [0.4, 0.5) is 18.9 Å². The predicted molar refractivity (Wildman–Crippen MR) is 101 cm³/mol. The number of halogens is 3. The first kappa shape index (κ1) is 20.6. The van der Waals surface area contributed by atoms with Crippen molar-refractivity contribution in [3.8, 4) is 0 Å². The molecule has 1 saturated heterocycles. The summed E-state index contributed by atoms with van der Waals surface area (Å²) in [5, 5.41) is 0. The molecule has 1 fully saturated rings. The molecule has 28 heavy (non-hydrogen) atoms. The summed E-state index contributed by atoms with van der Waals surface area (Å²) in [7, 11) is -2.25. The molecule has 1 aliphatic heterocycles. The van der Waals surface area contributed by atoms with E-state index in [2.05, 4.69) is 14.5 Å². The van der Waals surface area contributed by atoms with Crippen molar-refractivity contribution in [3.05, 3.63) is 59.4 Å². The average Bonchev–Trinajstić information content (AvgIpc) is 2.61. The molecule has 2 aromatic carbocycles. The third kappa shape index (κ3) is 4.48. The minimum atomic E-state index is -4.27. The van der Waals surface area contributed by atoms with Crippen LogP contribution in [0.25, 0.3) is 0 Å². The molecule has 0 aromatic heterocycles. The van der Waals surface area contributed by atoms with E-state index in [0.717, 1.165) is 44.0 Å². The summed E-state index contributed by atoms with van der Waals surface area (Å²) in [6.07, 6.45) is 0. The van der Waals surface area contributed by atoms with Crippen LogP contribution in [0.15, 0.2) is 41.3 Å². The van der Waals surface area contributed by atoms with Gasteiger partial charge < -0.3 is 9.80 Å². The van der Waals surface area contributed by atoms with E-state index in [1.54, 1.807) is 13.0 Å². The van der Waals surface area contributed by atoms with E-state index in [1.807, 2.05) is 7.05 Å². The smallest absolute Gasteiger partial charge is 0.244 e. The molecule has 9 heteroatoms. The Kier molecular flexibility index (Phi) is 5.97. The monoisotopic (exact) mass is 413 g/mol. The first-order chi connectivity index (χ1) is 13.2. The van der Waals surface area contributed by atoms with Gasteiger partial charge in [-0.15, -0.1) is 0 Å². The highest BCUT2D eigenvalue weighted by Crippen LogP contribution is 2.29. The normalized spacial score (nSPS) is 17.0. The molecular formula is C19H22F3N3O2S. The number of hydrogen-bond donors (Lipinski definition) is 1. The molecule has 152 valence electrons. The summed E-state index contributed by atoms with van der Waals surface area (Å²) in [6, 6.07) is 5.67. The van der Waals surface area contributed by atoms with Crippen molar-refractivity contribution >= 4 is 15.7 Å². The van der Waals surface area contributed by atoms with Gasteiger partial charge in [0.1, 0.15) is 22.3 Å². The minimum Gasteiger partial charge on any atom is -0.369 e. The lowest BCUT2D eigenvalue weighted by Gasteiger charge is -2.36. The standard InChI is InChI=1S/C19H22F3N3O2S/c1-13(23-28(26,27)19-6-4-15(21)12-17(19)22)16-11-14(20)3-5-18(16)25-9-7-24(2)8-10-25/h3-6,11-13,23H,7-10H2,1-2H3/t13-/m1/s1. The molecule has 1 aliphatic rings. The molecule has 3 rings (SSSR count). The van der Waals surface area contributed by atoms with E-state index >= 15 is 0 Å². The van der Waals surface area contributed by atoms with Crippen molar-refractivity contribution < 1.29 is 21.6 Å². The van der Waals surface area contributed by atoms with Gasteiger partial charge in [0.25, 0.3) is 0 Å². The van der Waals surface area contributed by atoms with Crippen LogP contribution in [0.3, 0.4) is 0 Å². The maximum Gasteiger partial charge on any atom is 0.244 e. The Balaban J connectivity index is 1.89. The van der Waals surface area contributed by atoms with Crippen molar-refractivity contribution in [2.75, 3.05) is 38.1 Å². The van der Waals surface area contributed by atoms with Crippen LogP contribution >= 0.6 is 0 Å². The molecule has 1 atom stereocenters. The largest absolute Gasteiger partial charge is 0.369 e. The first-order valence-electron chi connectivity index (χ1n) is 8.88. The zero-order chi connectivity index (χ0) is 20.5. The summed E-state index contributed by atoms with van der Waals surface area (Å²) in [6.45, 7) is 4.67. The molecule has 0 radical (unpaired) electrons. The van der Waals surface area contributed by atoms with Gasteiger partial charge in [-0.1, -0.05) is 0 Å². The van der Waals surface area contributed by atoms with Crippen LogP contribution in [0.2, 0.25) is 0 Å². The third-order valence-corrected chi connectivity index (χ3v) is 6.39. The van der Waals surface area contributed by atoms with E-state index in [-0.39, 0.29) is 0 Å². The maximum atomic E-state index is 13.9. The maximum absolute atomic E-state index is 13.9. The molecular weight excluding hydrogens is 391 g/mol. The molecule has 1 heterocycles. The Morgan fingerprint density at radius 3 is 2.21 bits per heavy atom. The molecule has 5 nitrogen and oxygen atoms in total. The van der Waals surface area contributed by atoms with Gasteiger partial charge in [0.15, 0.2) is 0 Å². The quantitative estimate of drug-likeness (QED) is 0.819. The van der Waals surface area contributed by atoms with Crippen LogP contribution in [0.5, 0.6) is 0 Å². The highest BCUT2D eigenvalue weighted by atomic mass is 32.2. The number of benzene rings is 2. The number of hydrogen-bond acceptors (Lipinski definition) is 4. The van der Waals surface area contributed by atoms with Crippen LogP contribution in [0, 0.1) is 17.5 Å². The summed E-state index contributed by atoms with van der Waals surface area (Å²) < 4.78 is 68.4. The van der Waals surface area contributed by atoms with Gasteiger partial charge in [-0.25, -0.2) is 26.3 Å². The predicted octanol–water partition coefficient (Wildman–Crippen LogP) is 2.90. The lowest BCUT2D eigenvalue weighted by Crippen LogP contribution is -2.45. The van der Waals surface area contributed by atoms with E-state index < -0.39 is 38.4 Å². The SMILES string of the molecule is C[C@@H](NS(=O)(=O)c1ccc(F)cc1F)c1cc(F)ccc1N1CCN(C)CC1. The van der Waals surface area contributed by atoms with Crippen LogP contribution in [-0.2, 0) is 10.0 Å². The number of nitrogens with zero attached hydrogens (tertiary/aromatic N) is 2. The fourth-order valence-electron chi connectivity index (χ4n) is 3.26. The number of sulfonamides is 1. The lowest BCUT2D eigenvalue weighted by atomic mass is 10.0. The van der Waals surface area contributed by atoms with Crippen molar-refractivity contribution in [1.29, 1.82) is 0 Å². The second kappa shape index (κ2) is 8.10. The highest BCUT2D eigenvalue weighted by molar-refractivity contribution is 7.89. The van der Waals surface area contributed by atoms with Crippen LogP contribution in [-0.4, -0.2) is 46.5 Å². The van der Waals surface area contributed by atoms with Gasteiger partial charge in [-0.05, 0) is 49.9 Å². The van der Waals surface area contributed by atoms with Gasteiger partial charge in [0.05, 0.1) is 0 Å². The molecule has 2 aromatic rings. The molecule has 0 unspecified atom stereocenters. The molecule has 0 spiro atoms. The Hall–Kier alpha value is -2.10. The number of likely N-dealkylation sites (N-methyl/N-ethyl adjacent to an activating group) is 1. The second-order valence-corrected chi connectivity index (χ2v) is 8.59. The molecule has 0 amide bonds. The Bertz CT molecular complexity index is 961. The van der Waals surface area contributed by atoms with Crippen molar-refractivity contribution in [2.24, 2.45) is 0 Å². The van der Waals surface area contributed by atoms with Crippen molar-refractivity contribution in [1.82, 2.24) is 9.62 Å². The Labute approximate surface area is 162 Å². The highest BCUT2D eigenvalue weighted by Gasteiger charge is 2.26. The zero-order valence-corrected chi connectivity index (χ0v) is 16.4. The third-order valence-electron chi connectivity index (χ3n) is 4.82.